The van der Waals surface area contributed by atoms with E-state index in [9.17, 15) is 9.59 Å². The van der Waals surface area contributed by atoms with Crippen molar-refractivity contribution >= 4 is 40.7 Å². The fourth-order valence-corrected chi connectivity index (χ4v) is 4.54. The second kappa shape index (κ2) is 11.4. The van der Waals surface area contributed by atoms with Crippen LogP contribution in [0, 0.1) is 11.8 Å². The Hall–Kier alpha value is -3.08. The van der Waals surface area contributed by atoms with Gasteiger partial charge >= 0.3 is 0 Å². The number of benzene rings is 3. The number of hydrogen-bond donors (Lipinski definition) is 1. The third kappa shape index (κ3) is 6.07. The van der Waals surface area contributed by atoms with Crippen LogP contribution in [0.5, 0.6) is 0 Å². The molecule has 0 saturated heterocycles. The number of nitrogens with zero attached hydrogens (tertiary/aromatic N) is 1. The van der Waals surface area contributed by atoms with Crippen LogP contribution >= 0.6 is 23.2 Å². The van der Waals surface area contributed by atoms with Gasteiger partial charge in [0.15, 0.2) is 0 Å². The molecule has 0 bridgehead atoms. The van der Waals surface area contributed by atoms with E-state index in [-0.39, 0.29) is 11.8 Å². The normalized spacial score (nSPS) is 17.2. The summed E-state index contributed by atoms with van der Waals surface area (Å²) in [5.41, 5.74) is 2.66. The molecule has 0 aromatic heterocycles. The Balaban J connectivity index is 1.55. The Morgan fingerprint density at radius 3 is 1.88 bits per heavy atom. The molecule has 1 N–H and O–H groups in total. The van der Waals surface area contributed by atoms with E-state index in [2.05, 4.69) is 5.32 Å². The van der Waals surface area contributed by atoms with Crippen LogP contribution < -0.4 is 5.32 Å². The van der Waals surface area contributed by atoms with Crippen LogP contribution in [0.2, 0.25) is 10.0 Å². The van der Waals surface area contributed by atoms with Crippen LogP contribution in [0.25, 0.3) is 0 Å². The molecular formula is C28H26Cl2N2O2. The Bertz CT molecular complexity index is 1120. The van der Waals surface area contributed by atoms with Crippen molar-refractivity contribution in [1.29, 1.82) is 0 Å². The smallest absolute Gasteiger partial charge is 0.228 e. The molecule has 2 atom stereocenters. The number of hydrogen-bond acceptors (Lipinski definition) is 2. The highest BCUT2D eigenvalue weighted by Gasteiger charge is 2.36. The molecule has 34 heavy (non-hydrogen) atoms. The van der Waals surface area contributed by atoms with Gasteiger partial charge in [0, 0.05) is 18.8 Å². The fourth-order valence-electron chi connectivity index (χ4n) is 4.24. The average Bonchev–Trinajstić information content (AvgIpc) is 2.86. The fraction of sp³-hybridized carbons (Fsp3) is 0.214. The highest BCUT2D eigenvalue weighted by molar-refractivity contribution is 6.42. The summed E-state index contributed by atoms with van der Waals surface area (Å²) in [6.07, 6.45) is 5.00. The number of allylic oxidation sites excluding steroid dienone is 2. The van der Waals surface area contributed by atoms with Crippen molar-refractivity contribution in [3.8, 4) is 0 Å². The summed E-state index contributed by atoms with van der Waals surface area (Å²) in [5, 5.41) is 3.71. The molecule has 1 aliphatic rings. The van der Waals surface area contributed by atoms with Gasteiger partial charge < -0.3 is 10.2 Å². The third-order valence-electron chi connectivity index (χ3n) is 6.02. The number of amides is 2. The van der Waals surface area contributed by atoms with Crippen molar-refractivity contribution in [2.75, 3.05) is 5.32 Å². The topological polar surface area (TPSA) is 49.4 Å². The van der Waals surface area contributed by atoms with Gasteiger partial charge in [-0.3, -0.25) is 9.59 Å². The molecule has 4 rings (SSSR count). The van der Waals surface area contributed by atoms with E-state index in [1.165, 1.54) is 0 Å². The lowest BCUT2D eigenvalue weighted by Crippen LogP contribution is -2.42. The monoisotopic (exact) mass is 492 g/mol. The van der Waals surface area contributed by atoms with E-state index >= 15 is 0 Å². The van der Waals surface area contributed by atoms with Gasteiger partial charge in [0.1, 0.15) is 0 Å². The molecule has 3 aromatic carbocycles. The molecule has 1 aliphatic carbocycles. The van der Waals surface area contributed by atoms with Crippen LogP contribution in [-0.4, -0.2) is 16.7 Å². The lowest BCUT2D eigenvalue weighted by Gasteiger charge is -2.32. The molecule has 0 radical (unpaired) electrons. The third-order valence-corrected chi connectivity index (χ3v) is 6.76. The zero-order chi connectivity index (χ0) is 23.9. The second-order valence-electron chi connectivity index (χ2n) is 8.44. The van der Waals surface area contributed by atoms with Crippen molar-refractivity contribution in [1.82, 2.24) is 4.90 Å². The predicted octanol–water partition coefficient (Wildman–Crippen LogP) is 6.74. The molecule has 2 amide bonds. The minimum atomic E-state index is -0.471. The van der Waals surface area contributed by atoms with Crippen molar-refractivity contribution in [3.63, 3.8) is 0 Å². The number of carbonyl (C=O) groups excluding carboxylic acids is 2. The zero-order valence-electron chi connectivity index (χ0n) is 18.7. The molecule has 6 heteroatoms. The second-order valence-corrected chi connectivity index (χ2v) is 9.25. The minimum absolute atomic E-state index is 0.0219. The lowest BCUT2D eigenvalue weighted by atomic mass is 9.81. The van der Waals surface area contributed by atoms with Crippen LogP contribution in [0.15, 0.2) is 91.0 Å². The summed E-state index contributed by atoms with van der Waals surface area (Å²) < 4.78 is 0. The van der Waals surface area contributed by atoms with Gasteiger partial charge in [-0.1, -0.05) is 96.0 Å². The molecule has 0 saturated carbocycles. The van der Waals surface area contributed by atoms with Gasteiger partial charge in [0.25, 0.3) is 0 Å². The van der Waals surface area contributed by atoms with Crippen LogP contribution in [-0.2, 0) is 22.7 Å². The van der Waals surface area contributed by atoms with Gasteiger partial charge in [-0.05, 0) is 42.2 Å². The Morgan fingerprint density at radius 1 is 0.765 bits per heavy atom. The summed E-state index contributed by atoms with van der Waals surface area (Å²) in [6.45, 7) is 0.964. The molecule has 0 aliphatic heterocycles. The van der Waals surface area contributed by atoms with Gasteiger partial charge in [-0.15, -0.1) is 0 Å². The first-order valence-electron chi connectivity index (χ1n) is 11.3. The van der Waals surface area contributed by atoms with E-state index in [1.807, 2.05) is 77.7 Å². The van der Waals surface area contributed by atoms with E-state index in [0.29, 0.717) is 41.7 Å². The maximum Gasteiger partial charge on any atom is 0.228 e. The summed E-state index contributed by atoms with van der Waals surface area (Å²) >= 11 is 12.1. The maximum absolute atomic E-state index is 13.8. The molecule has 2 unspecified atom stereocenters. The predicted molar refractivity (Wildman–Crippen MR) is 138 cm³/mol. The first-order valence-corrected chi connectivity index (χ1v) is 12.0. The zero-order valence-corrected chi connectivity index (χ0v) is 20.2. The number of halogens is 2. The largest absolute Gasteiger partial charge is 0.334 e. The highest BCUT2D eigenvalue weighted by atomic mass is 35.5. The summed E-state index contributed by atoms with van der Waals surface area (Å²) in [4.78, 5) is 28.9. The van der Waals surface area contributed by atoms with Crippen molar-refractivity contribution in [2.24, 2.45) is 11.8 Å². The number of rotatable bonds is 7. The molecule has 174 valence electrons. The van der Waals surface area contributed by atoms with Gasteiger partial charge in [-0.25, -0.2) is 0 Å². The van der Waals surface area contributed by atoms with E-state index in [4.69, 9.17) is 23.2 Å². The van der Waals surface area contributed by atoms with E-state index < -0.39 is 11.8 Å². The lowest BCUT2D eigenvalue weighted by molar-refractivity contribution is -0.142. The number of nitrogens with one attached hydrogen (secondary N) is 1. The Kier molecular flexibility index (Phi) is 8.04. The summed E-state index contributed by atoms with van der Waals surface area (Å²) in [7, 11) is 0. The SMILES string of the molecule is O=C(Nc1ccc(Cl)c(Cl)c1)C1CC=CCC1C(=O)N(Cc1ccccc1)Cc1ccccc1. The highest BCUT2D eigenvalue weighted by Crippen LogP contribution is 2.31. The molecule has 0 heterocycles. The first kappa shape index (κ1) is 24.1. The molecule has 0 spiro atoms. The first-order chi connectivity index (χ1) is 16.5. The van der Waals surface area contributed by atoms with Gasteiger partial charge in [0.05, 0.1) is 21.9 Å². The van der Waals surface area contributed by atoms with Gasteiger partial charge in [-0.2, -0.15) is 0 Å². The van der Waals surface area contributed by atoms with Crippen LogP contribution in [0.3, 0.4) is 0 Å². The van der Waals surface area contributed by atoms with Crippen LogP contribution in [0.1, 0.15) is 24.0 Å². The van der Waals surface area contributed by atoms with Crippen molar-refractivity contribution in [2.45, 2.75) is 25.9 Å². The Morgan fingerprint density at radius 2 is 1.32 bits per heavy atom. The summed E-state index contributed by atoms with van der Waals surface area (Å²) in [6, 6.07) is 24.8. The van der Waals surface area contributed by atoms with Crippen molar-refractivity contribution < 1.29 is 9.59 Å². The standard InChI is InChI=1S/C28H26Cl2N2O2/c29-25-16-15-22(17-26(25)30)31-27(33)23-13-7-8-14-24(23)28(34)32(18-20-9-3-1-4-10-20)19-21-11-5-2-6-12-21/h1-12,15-17,23-24H,13-14,18-19H2,(H,31,33). The van der Waals surface area contributed by atoms with Crippen LogP contribution in [0.4, 0.5) is 5.69 Å². The maximum atomic E-state index is 13.8. The molecule has 0 fully saturated rings. The average molecular weight is 493 g/mol. The molecule has 3 aromatic rings. The van der Waals surface area contributed by atoms with Crippen molar-refractivity contribution in [3.05, 3.63) is 112 Å². The number of carbonyl (C=O) groups is 2. The Labute approximate surface area is 210 Å². The quantitative estimate of drug-likeness (QED) is 0.371. The van der Waals surface area contributed by atoms with Gasteiger partial charge in [0.2, 0.25) is 11.8 Å². The molecular weight excluding hydrogens is 467 g/mol. The minimum Gasteiger partial charge on any atom is -0.334 e. The van der Waals surface area contributed by atoms with E-state index in [0.717, 1.165) is 11.1 Å². The summed E-state index contributed by atoms with van der Waals surface area (Å²) in [5.74, 6) is -1.13. The molecule has 4 nitrogen and oxygen atoms in total. The van der Waals surface area contributed by atoms with E-state index in [1.54, 1.807) is 18.2 Å². The number of anilines is 1.